The summed E-state index contributed by atoms with van der Waals surface area (Å²) in [6, 6.07) is 0.0315. The largest absolute Gasteiger partial charge is 0.382 e. The second kappa shape index (κ2) is 10.1. The highest BCUT2D eigenvalue weighted by molar-refractivity contribution is 6.31. The molecular formula is C14H27ClN4O2. The minimum Gasteiger partial charge on any atom is -0.382 e. The van der Waals surface area contributed by atoms with Crippen LogP contribution in [0.2, 0.25) is 5.02 Å². The van der Waals surface area contributed by atoms with Gasteiger partial charge in [0.15, 0.2) is 0 Å². The maximum absolute atomic E-state index is 6.31. The molecule has 0 radical (unpaired) electrons. The van der Waals surface area contributed by atoms with Crippen LogP contribution in [0.15, 0.2) is 6.20 Å². The molecule has 0 aliphatic carbocycles. The number of methoxy groups -OCH3 is 1. The van der Waals surface area contributed by atoms with E-state index in [2.05, 4.69) is 22.2 Å². The highest BCUT2D eigenvalue weighted by Gasteiger charge is 2.20. The quantitative estimate of drug-likeness (QED) is 0.625. The van der Waals surface area contributed by atoms with Crippen molar-refractivity contribution in [2.75, 3.05) is 54.1 Å². The first-order chi connectivity index (χ1) is 10.1. The number of aromatic nitrogens is 2. The SMILES string of the molecule is CCNC(COCCOC)c1c(Cl)cnn1CCN(C)C. The average Bonchev–Trinajstić information content (AvgIpc) is 2.81. The Morgan fingerprint density at radius 1 is 1.43 bits per heavy atom. The molecule has 122 valence electrons. The number of hydrogen-bond donors (Lipinski definition) is 1. The number of nitrogens with one attached hydrogen (secondary N) is 1. The molecule has 1 atom stereocenters. The third-order valence-electron chi connectivity index (χ3n) is 3.09. The summed E-state index contributed by atoms with van der Waals surface area (Å²) in [6.45, 7) is 6.33. The van der Waals surface area contributed by atoms with Crippen LogP contribution in [0.4, 0.5) is 0 Å². The molecule has 1 aromatic heterocycles. The van der Waals surface area contributed by atoms with E-state index in [1.54, 1.807) is 13.3 Å². The number of likely N-dealkylation sites (N-methyl/N-ethyl adjacent to an activating group) is 2. The molecule has 0 saturated heterocycles. The molecule has 0 aromatic carbocycles. The van der Waals surface area contributed by atoms with E-state index in [-0.39, 0.29) is 6.04 Å². The van der Waals surface area contributed by atoms with Crippen molar-refractivity contribution in [3.05, 3.63) is 16.9 Å². The van der Waals surface area contributed by atoms with Crippen LogP contribution in [0.25, 0.3) is 0 Å². The highest BCUT2D eigenvalue weighted by Crippen LogP contribution is 2.23. The van der Waals surface area contributed by atoms with Gasteiger partial charge in [-0.15, -0.1) is 0 Å². The van der Waals surface area contributed by atoms with Crippen LogP contribution in [-0.2, 0) is 16.0 Å². The fraction of sp³-hybridized carbons (Fsp3) is 0.786. The summed E-state index contributed by atoms with van der Waals surface area (Å²) >= 11 is 6.31. The Hall–Kier alpha value is -0.660. The summed E-state index contributed by atoms with van der Waals surface area (Å²) in [5.74, 6) is 0. The fourth-order valence-corrected chi connectivity index (χ4v) is 2.29. The summed E-state index contributed by atoms with van der Waals surface area (Å²) in [4.78, 5) is 2.12. The predicted molar refractivity (Wildman–Crippen MR) is 84.9 cm³/mol. The van der Waals surface area contributed by atoms with Gasteiger partial charge >= 0.3 is 0 Å². The number of ether oxygens (including phenoxy) is 2. The van der Waals surface area contributed by atoms with Gasteiger partial charge in [-0.2, -0.15) is 5.10 Å². The van der Waals surface area contributed by atoms with Gasteiger partial charge in [-0.1, -0.05) is 18.5 Å². The smallest absolute Gasteiger partial charge is 0.0835 e. The first-order valence-corrected chi connectivity index (χ1v) is 7.63. The van der Waals surface area contributed by atoms with Crippen LogP contribution >= 0.6 is 11.6 Å². The van der Waals surface area contributed by atoms with Crippen molar-refractivity contribution >= 4 is 11.6 Å². The lowest BCUT2D eigenvalue weighted by atomic mass is 10.2. The topological polar surface area (TPSA) is 51.5 Å². The minimum absolute atomic E-state index is 0.0315. The molecule has 0 spiro atoms. The molecule has 0 amide bonds. The first kappa shape index (κ1) is 18.4. The third-order valence-corrected chi connectivity index (χ3v) is 3.38. The molecule has 0 bridgehead atoms. The Bertz CT molecular complexity index is 398. The molecule has 1 N–H and O–H groups in total. The predicted octanol–water partition coefficient (Wildman–Crippen LogP) is 1.41. The molecule has 21 heavy (non-hydrogen) atoms. The van der Waals surface area contributed by atoms with Gasteiger partial charge in [0.25, 0.3) is 0 Å². The number of halogens is 1. The van der Waals surface area contributed by atoms with Crippen molar-refractivity contribution in [1.82, 2.24) is 20.0 Å². The standard InChI is InChI=1S/C14H27ClN4O2/c1-5-16-13(11-21-9-8-20-4)14-12(15)10-17-19(14)7-6-18(2)3/h10,13,16H,5-9,11H2,1-4H3. The summed E-state index contributed by atoms with van der Waals surface area (Å²) < 4.78 is 12.6. The van der Waals surface area contributed by atoms with E-state index in [1.165, 1.54) is 0 Å². The third kappa shape index (κ3) is 6.32. The molecule has 7 heteroatoms. The van der Waals surface area contributed by atoms with Crippen molar-refractivity contribution in [3.8, 4) is 0 Å². The molecule has 0 aliphatic rings. The second-order valence-corrected chi connectivity index (χ2v) is 5.49. The molecule has 1 heterocycles. The zero-order valence-corrected chi connectivity index (χ0v) is 14.2. The number of hydrogen-bond acceptors (Lipinski definition) is 5. The van der Waals surface area contributed by atoms with E-state index in [1.807, 2.05) is 18.8 Å². The Kier molecular flexibility index (Phi) is 8.87. The van der Waals surface area contributed by atoms with Crippen LogP contribution in [0.1, 0.15) is 18.7 Å². The lowest BCUT2D eigenvalue weighted by Crippen LogP contribution is -2.30. The average molecular weight is 319 g/mol. The van der Waals surface area contributed by atoms with Crippen molar-refractivity contribution in [1.29, 1.82) is 0 Å². The second-order valence-electron chi connectivity index (χ2n) is 5.08. The first-order valence-electron chi connectivity index (χ1n) is 7.26. The summed E-state index contributed by atoms with van der Waals surface area (Å²) in [6.07, 6.45) is 1.70. The highest BCUT2D eigenvalue weighted by atomic mass is 35.5. The normalized spacial score (nSPS) is 13.0. The van der Waals surface area contributed by atoms with Crippen molar-refractivity contribution in [2.24, 2.45) is 0 Å². The lowest BCUT2D eigenvalue weighted by molar-refractivity contribution is 0.0575. The van der Waals surface area contributed by atoms with E-state index in [4.69, 9.17) is 21.1 Å². The van der Waals surface area contributed by atoms with Crippen LogP contribution in [0.5, 0.6) is 0 Å². The van der Waals surface area contributed by atoms with Gasteiger partial charge in [0.05, 0.1) is 49.3 Å². The number of nitrogens with zero attached hydrogens (tertiary/aromatic N) is 3. The van der Waals surface area contributed by atoms with Crippen molar-refractivity contribution in [2.45, 2.75) is 19.5 Å². The minimum atomic E-state index is 0.0315. The molecule has 6 nitrogen and oxygen atoms in total. The summed E-state index contributed by atoms with van der Waals surface area (Å²) in [7, 11) is 5.75. The monoisotopic (exact) mass is 318 g/mol. The van der Waals surface area contributed by atoms with E-state index < -0.39 is 0 Å². The Labute approximate surface area is 132 Å². The zero-order chi connectivity index (χ0) is 15.7. The summed E-state index contributed by atoms with van der Waals surface area (Å²) in [5, 5.41) is 8.46. The maximum atomic E-state index is 6.31. The Balaban J connectivity index is 2.73. The van der Waals surface area contributed by atoms with Crippen LogP contribution in [-0.4, -0.2) is 68.8 Å². The van der Waals surface area contributed by atoms with Crippen LogP contribution in [0, 0.1) is 0 Å². The van der Waals surface area contributed by atoms with E-state index >= 15 is 0 Å². The molecule has 0 fully saturated rings. The maximum Gasteiger partial charge on any atom is 0.0835 e. The fourth-order valence-electron chi connectivity index (χ4n) is 2.02. The van der Waals surface area contributed by atoms with E-state index in [0.717, 1.165) is 25.3 Å². The molecular weight excluding hydrogens is 292 g/mol. The van der Waals surface area contributed by atoms with E-state index in [0.29, 0.717) is 24.8 Å². The summed E-state index contributed by atoms with van der Waals surface area (Å²) in [5.41, 5.74) is 0.984. The number of rotatable bonds is 11. The van der Waals surface area contributed by atoms with Crippen molar-refractivity contribution < 1.29 is 9.47 Å². The van der Waals surface area contributed by atoms with Gasteiger partial charge in [0.2, 0.25) is 0 Å². The van der Waals surface area contributed by atoms with Crippen LogP contribution in [0.3, 0.4) is 0 Å². The Morgan fingerprint density at radius 2 is 2.19 bits per heavy atom. The van der Waals surface area contributed by atoms with Gasteiger partial charge < -0.3 is 19.7 Å². The van der Waals surface area contributed by atoms with Crippen molar-refractivity contribution in [3.63, 3.8) is 0 Å². The van der Waals surface area contributed by atoms with E-state index in [9.17, 15) is 0 Å². The van der Waals surface area contributed by atoms with Gasteiger partial charge in [-0.05, 0) is 20.6 Å². The molecule has 0 aliphatic heterocycles. The lowest BCUT2D eigenvalue weighted by Gasteiger charge is -2.21. The van der Waals surface area contributed by atoms with Gasteiger partial charge in [-0.25, -0.2) is 0 Å². The van der Waals surface area contributed by atoms with Gasteiger partial charge in [0, 0.05) is 13.7 Å². The zero-order valence-electron chi connectivity index (χ0n) is 13.4. The van der Waals surface area contributed by atoms with Gasteiger partial charge in [-0.3, -0.25) is 4.68 Å². The molecule has 1 aromatic rings. The van der Waals surface area contributed by atoms with Gasteiger partial charge in [0.1, 0.15) is 0 Å². The van der Waals surface area contributed by atoms with Crippen LogP contribution < -0.4 is 5.32 Å². The Morgan fingerprint density at radius 3 is 2.81 bits per heavy atom. The molecule has 0 saturated carbocycles. The molecule has 1 rings (SSSR count). The molecule has 1 unspecified atom stereocenters.